The second-order valence-electron chi connectivity index (χ2n) is 4.48. The molecule has 0 heterocycles. The predicted octanol–water partition coefficient (Wildman–Crippen LogP) is 0.935. The van der Waals surface area contributed by atoms with Gasteiger partial charge in [0.25, 0.3) is 0 Å². The summed E-state index contributed by atoms with van der Waals surface area (Å²) >= 11 is 0. The molecule has 1 aromatic carbocycles. The molecule has 0 spiro atoms. The number of aliphatic hydroxyl groups excluding tert-OH is 1. The normalized spacial score (nSPS) is 13.6. The molecule has 18 heavy (non-hydrogen) atoms. The minimum absolute atomic E-state index is 0.0635. The number of nitrogen functional groups attached to an aromatic ring is 1. The first kappa shape index (κ1) is 14.9. The number of nitrogens with one attached hydrogen (secondary N) is 1. The van der Waals surface area contributed by atoms with Crippen LogP contribution in [-0.4, -0.2) is 26.2 Å². The van der Waals surface area contributed by atoms with Crippen molar-refractivity contribution in [2.75, 3.05) is 12.3 Å². The average Bonchev–Trinajstić information content (AvgIpc) is 2.23. The number of sulfonamides is 1. The van der Waals surface area contributed by atoms with Crippen LogP contribution in [0.4, 0.5) is 5.69 Å². The molecule has 0 aromatic heterocycles. The Labute approximate surface area is 108 Å². The Bertz CT molecular complexity index is 526. The number of nitrogens with two attached hydrogens (primary N) is 1. The van der Waals surface area contributed by atoms with E-state index in [4.69, 9.17) is 10.8 Å². The van der Waals surface area contributed by atoms with Gasteiger partial charge in [0.2, 0.25) is 10.0 Å². The molecule has 0 bridgehead atoms. The second-order valence-corrected chi connectivity index (χ2v) is 6.13. The van der Waals surface area contributed by atoms with Gasteiger partial charge in [-0.2, -0.15) is 0 Å². The molecule has 0 amide bonds. The summed E-state index contributed by atoms with van der Waals surface area (Å²) in [6.45, 7) is 5.12. The number of hydrogen-bond donors (Lipinski definition) is 3. The zero-order chi connectivity index (χ0) is 13.9. The summed E-state index contributed by atoms with van der Waals surface area (Å²) in [5, 5.41) is 8.80. The zero-order valence-electron chi connectivity index (χ0n) is 10.9. The van der Waals surface area contributed by atoms with E-state index in [1.165, 1.54) is 0 Å². The lowest BCUT2D eigenvalue weighted by molar-refractivity contribution is 0.275. The first-order valence-electron chi connectivity index (χ1n) is 5.78. The van der Waals surface area contributed by atoms with Crippen molar-refractivity contribution in [3.8, 4) is 0 Å². The molecular formula is C12H20N2O3S. The molecule has 4 N–H and O–H groups in total. The van der Waals surface area contributed by atoms with Gasteiger partial charge in [0.05, 0.1) is 5.69 Å². The highest BCUT2D eigenvalue weighted by molar-refractivity contribution is 7.89. The van der Waals surface area contributed by atoms with Gasteiger partial charge in [0.15, 0.2) is 0 Å². The molecular weight excluding hydrogens is 252 g/mol. The molecule has 5 nitrogen and oxygen atoms in total. The van der Waals surface area contributed by atoms with E-state index in [-0.39, 0.29) is 23.2 Å². The number of benzene rings is 1. The number of rotatable bonds is 5. The smallest absolute Gasteiger partial charge is 0.243 e. The molecule has 102 valence electrons. The molecule has 6 heteroatoms. The number of aryl methyl sites for hydroxylation is 2. The lowest BCUT2D eigenvalue weighted by Gasteiger charge is -2.17. The van der Waals surface area contributed by atoms with Crippen LogP contribution in [0.1, 0.15) is 24.5 Å². The first-order chi connectivity index (χ1) is 8.29. The van der Waals surface area contributed by atoms with Crippen LogP contribution in [0.3, 0.4) is 0 Å². The van der Waals surface area contributed by atoms with Crippen LogP contribution in [-0.2, 0) is 10.0 Å². The van der Waals surface area contributed by atoms with E-state index in [1.807, 2.05) is 0 Å². The van der Waals surface area contributed by atoms with Gasteiger partial charge < -0.3 is 10.8 Å². The largest absolute Gasteiger partial charge is 0.397 e. The van der Waals surface area contributed by atoms with Crippen molar-refractivity contribution >= 4 is 15.7 Å². The summed E-state index contributed by atoms with van der Waals surface area (Å²) in [6.07, 6.45) is 0.365. The Morgan fingerprint density at radius 3 is 2.44 bits per heavy atom. The quantitative estimate of drug-likeness (QED) is 0.695. The van der Waals surface area contributed by atoms with E-state index < -0.39 is 10.0 Å². The average molecular weight is 272 g/mol. The monoisotopic (exact) mass is 272 g/mol. The maximum atomic E-state index is 12.2. The van der Waals surface area contributed by atoms with E-state index >= 15 is 0 Å². The van der Waals surface area contributed by atoms with Crippen molar-refractivity contribution in [1.29, 1.82) is 0 Å². The van der Waals surface area contributed by atoms with Crippen molar-refractivity contribution in [3.05, 3.63) is 23.3 Å². The second kappa shape index (κ2) is 5.69. The summed E-state index contributed by atoms with van der Waals surface area (Å²) in [6, 6.07) is 3.19. The standard InChI is InChI=1S/C12H20N2O3S/c1-8-4-5-9(2)12(11(8)13)18(16,17)14-10(3)6-7-15/h4-5,10,14-15H,6-7,13H2,1-3H3. The zero-order valence-corrected chi connectivity index (χ0v) is 11.7. The summed E-state index contributed by atoms with van der Waals surface area (Å²) in [7, 11) is -3.65. The van der Waals surface area contributed by atoms with Gasteiger partial charge in [-0.05, 0) is 38.3 Å². The minimum atomic E-state index is -3.65. The number of hydrogen-bond acceptors (Lipinski definition) is 4. The van der Waals surface area contributed by atoms with Gasteiger partial charge in [0.1, 0.15) is 4.90 Å². The molecule has 0 radical (unpaired) electrons. The van der Waals surface area contributed by atoms with Gasteiger partial charge in [0, 0.05) is 12.6 Å². The van der Waals surface area contributed by atoms with Crippen LogP contribution < -0.4 is 10.5 Å². The van der Waals surface area contributed by atoms with E-state index in [2.05, 4.69) is 4.72 Å². The van der Waals surface area contributed by atoms with Crippen LogP contribution in [0.25, 0.3) is 0 Å². The van der Waals surface area contributed by atoms with Gasteiger partial charge in [-0.1, -0.05) is 12.1 Å². The lowest BCUT2D eigenvalue weighted by atomic mass is 10.1. The van der Waals surface area contributed by atoms with Crippen LogP contribution in [0, 0.1) is 13.8 Å². The Morgan fingerprint density at radius 2 is 1.89 bits per heavy atom. The molecule has 0 fully saturated rings. The van der Waals surface area contributed by atoms with Crippen molar-refractivity contribution in [2.24, 2.45) is 0 Å². The summed E-state index contributed by atoms with van der Waals surface area (Å²) in [4.78, 5) is 0.132. The Hall–Kier alpha value is -1.11. The SMILES string of the molecule is Cc1ccc(C)c(S(=O)(=O)NC(C)CCO)c1N. The maximum absolute atomic E-state index is 12.2. The Kier molecular flexibility index (Phi) is 4.72. The van der Waals surface area contributed by atoms with Crippen molar-refractivity contribution in [2.45, 2.75) is 38.1 Å². The van der Waals surface area contributed by atoms with E-state index in [1.54, 1.807) is 32.9 Å². The lowest BCUT2D eigenvalue weighted by Crippen LogP contribution is -2.34. The summed E-state index contributed by atoms with van der Waals surface area (Å²) in [5.74, 6) is 0. The first-order valence-corrected chi connectivity index (χ1v) is 7.26. The minimum Gasteiger partial charge on any atom is -0.397 e. The van der Waals surface area contributed by atoms with Crippen LogP contribution in [0.5, 0.6) is 0 Å². The molecule has 1 rings (SSSR count). The van der Waals surface area contributed by atoms with Crippen molar-refractivity contribution in [1.82, 2.24) is 4.72 Å². The molecule has 0 aliphatic carbocycles. The predicted molar refractivity (Wildman–Crippen MR) is 71.8 cm³/mol. The summed E-state index contributed by atoms with van der Waals surface area (Å²) < 4.78 is 27.0. The van der Waals surface area contributed by atoms with E-state index in [0.29, 0.717) is 12.0 Å². The van der Waals surface area contributed by atoms with Crippen molar-refractivity contribution in [3.63, 3.8) is 0 Å². The molecule has 1 unspecified atom stereocenters. The molecule has 1 atom stereocenters. The van der Waals surface area contributed by atoms with Crippen LogP contribution in [0.2, 0.25) is 0 Å². The number of anilines is 1. The van der Waals surface area contributed by atoms with E-state index in [9.17, 15) is 8.42 Å². The van der Waals surface area contributed by atoms with Gasteiger partial charge in [-0.3, -0.25) is 0 Å². The van der Waals surface area contributed by atoms with Crippen LogP contribution >= 0.6 is 0 Å². The highest BCUT2D eigenvalue weighted by Crippen LogP contribution is 2.25. The molecule has 0 saturated carbocycles. The molecule has 0 aliphatic rings. The third-order valence-corrected chi connectivity index (χ3v) is 4.59. The Morgan fingerprint density at radius 1 is 1.33 bits per heavy atom. The topological polar surface area (TPSA) is 92.4 Å². The Balaban J connectivity index is 3.17. The third-order valence-electron chi connectivity index (χ3n) is 2.80. The van der Waals surface area contributed by atoms with E-state index in [0.717, 1.165) is 5.56 Å². The van der Waals surface area contributed by atoms with Gasteiger partial charge in [-0.15, -0.1) is 0 Å². The number of aliphatic hydroxyl groups is 1. The summed E-state index contributed by atoms with van der Waals surface area (Å²) in [5.41, 5.74) is 7.47. The third kappa shape index (κ3) is 3.22. The molecule has 0 saturated heterocycles. The molecule has 1 aromatic rings. The fraction of sp³-hybridized carbons (Fsp3) is 0.500. The van der Waals surface area contributed by atoms with Crippen molar-refractivity contribution < 1.29 is 13.5 Å². The highest BCUT2D eigenvalue weighted by atomic mass is 32.2. The fourth-order valence-electron chi connectivity index (χ4n) is 1.74. The highest BCUT2D eigenvalue weighted by Gasteiger charge is 2.22. The van der Waals surface area contributed by atoms with Gasteiger partial charge >= 0.3 is 0 Å². The molecule has 0 aliphatic heterocycles. The maximum Gasteiger partial charge on any atom is 0.243 e. The fourth-order valence-corrected chi connectivity index (χ4v) is 3.45. The van der Waals surface area contributed by atoms with Gasteiger partial charge in [-0.25, -0.2) is 13.1 Å². The van der Waals surface area contributed by atoms with Crippen LogP contribution in [0.15, 0.2) is 17.0 Å².